The molecule has 148 valence electrons. The number of hydrogen-bond acceptors (Lipinski definition) is 6. The van der Waals surface area contributed by atoms with E-state index in [9.17, 15) is 9.59 Å². The van der Waals surface area contributed by atoms with Crippen molar-refractivity contribution in [3.05, 3.63) is 77.6 Å². The van der Waals surface area contributed by atoms with Crippen LogP contribution in [-0.2, 0) is 4.74 Å². The smallest absolute Gasteiger partial charge is 0.339 e. The van der Waals surface area contributed by atoms with Crippen molar-refractivity contribution in [2.45, 2.75) is 13.8 Å². The van der Waals surface area contributed by atoms with Gasteiger partial charge in [-0.15, -0.1) is 0 Å². The van der Waals surface area contributed by atoms with Gasteiger partial charge in [-0.1, -0.05) is 24.3 Å². The van der Waals surface area contributed by atoms with Crippen LogP contribution in [0.15, 0.2) is 60.9 Å². The Balaban J connectivity index is 1.80. The first-order valence-electron chi connectivity index (χ1n) is 9.18. The second-order valence-electron chi connectivity index (χ2n) is 6.35. The highest BCUT2D eigenvalue weighted by molar-refractivity contribution is 6.05. The molecule has 0 aliphatic rings. The van der Waals surface area contributed by atoms with E-state index in [0.717, 1.165) is 11.3 Å². The number of esters is 1. The number of aryl methyl sites for hydroxylation is 1. The molecule has 1 amide bonds. The number of nitrogens with one attached hydrogen (secondary N) is 1. The molecule has 0 aliphatic carbocycles. The summed E-state index contributed by atoms with van der Waals surface area (Å²) in [7, 11) is 1.32. The Morgan fingerprint density at radius 3 is 2.45 bits per heavy atom. The molecule has 1 heterocycles. The van der Waals surface area contributed by atoms with E-state index in [1.165, 1.54) is 19.5 Å². The van der Waals surface area contributed by atoms with Crippen molar-refractivity contribution in [1.82, 2.24) is 9.97 Å². The molecule has 0 saturated heterocycles. The number of ether oxygens (including phenoxy) is 1. The van der Waals surface area contributed by atoms with Crippen LogP contribution in [0.25, 0.3) is 0 Å². The number of methoxy groups -OCH3 is 1. The number of para-hydroxylation sites is 1. The van der Waals surface area contributed by atoms with E-state index in [4.69, 9.17) is 4.74 Å². The molecule has 0 aliphatic heterocycles. The fourth-order valence-corrected chi connectivity index (χ4v) is 2.90. The van der Waals surface area contributed by atoms with Gasteiger partial charge in [-0.3, -0.25) is 4.79 Å². The van der Waals surface area contributed by atoms with Crippen LogP contribution >= 0.6 is 0 Å². The summed E-state index contributed by atoms with van der Waals surface area (Å²) in [5.74, 6) is -0.368. The topological polar surface area (TPSA) is 84.4 Å². The first kappa shape index (κ1) is 20.0. The number of carbonyl (C=O) groups is 2. The predicted octanol–water partition coefficient (Wildman–Crippen LogP) is 3.98. The van der Waals surface area contributed by atoms with E-state index in [1.807, 2.05) is 38.1 Å². The summed E-state index contributed by atoms with van der Waals surface area (Å²) in [5.41, 5.74) is 3.17. The number of rotatable bonds is 6. The van der Waals surface area contributed by atoms with Gasteiger partial charge in [-0.2, -0.15) is 0 Å². The Bertz CT molecular complexity index is 1020. The van der Waals surface area contributed by atoms with Crippen LogP contribution in [0, 0.1) is 6.92 Å². The van der Waals surface area contributed by atoms with Gasteiger partial charge in [-0.05, 0) is 43.7 Å². The van der Waals surface area contributed by atoms with Crippen molar-refractivity contribution in [3.63, 3.8) is 0 Å². The lowest BCUT2D eigenvalue weighted by Gasteiger charge is -2.21. The van der Waals surface area contributed by atoms with Crippen molar-refractivity contribution in [1.29, 1.82) is 0 Å². The predicted molar refractivity (Wildman–Crippen MR) is 112 cm³/mol. The lowest BCUT2D eigenvalue weighted by atomic mass is 10.2. The van der Waals surface area contributed by atoms with Crippen LogP contribution in [-0.4, -0.2) is 35.5 Å². The van der Waals surface area contributed by atoms with E-state index in [-0.39, 0.29) is 11.9 Å². The highest BCUT2D eigenvalue weighted by Gasteiger charge is 2.18. The van der Waals surface area contributed by atoms with Crippen molar-refractivity contribution in [3.8, 4) is 0 Å². The maximum atomic E-state index is 12.9. The van der Waals surface area contributed by atoms with Gasteiger partial charge in [0.15, 0.2) is 0 Å². The fourth-order valence-electron chi connectivity index (χ4n) is 2.90. The molecular formula is C22H22N4O3. The van der Waals surface area contributed by atoms with Crippen LogP contribution in [0.2, 0.25) is 0 Å². The number of benzene rings is 2. The van der Waals surface area contributed by atoms with Gasteiger partial charge in [-0.25, -0.2) is 14.8 Å². The molecule has 7 nitrogen and oxygen atoms in total. The molecule has 1 aromatic heterocycles. The average molecular weight is 390 g/mol. The Labute approximate surface area is 169 Å². The minimum atomic E-state index is -0.461. The van der Waals surface area contributed by atoms with Crippen LogP contribution in [0.1, 0.15) is 33.2 Å². The van der Waals surface area contributed by atoms with Crippen molar-refractivity contribution in [2.75, 3.05) is 23.9 Å². The van der Waals surface area contributed by atoms with Crippen molar-refractivity contribution < 1.29 is 14.3 Å². The third-order valence-electron chi connectivity index (χ3n) is 4.35. The quantitative estimate of drug-likeness (QED) is 0.641. The van der Waals surface area contributed by atoms with Crippen LogP contribution in [0.4, 0.5) is 17.3 Å². The summed E-state index contributed by atoms with van der Waals surface area (Å²) in [4.78, 5) is 34.9. The van der Waals surface area contributed by atoms with Gasteiger partial charge in [0.2, 0.25) is 5.95 Å². The highest BCUT2D eigenvalue weighted by atomic mass is 16.5. The third-order valence-corrected chi connectivity index (χ3v) is 4.35. The molecule has 3 aromatic rings. The zero-order valence-electron chi connectivity index (χ0n) is 16.5. The Morgan fingerprint density at radius 1 is 1.07 bits per heavy atom. The van der Waals surface area contributed by atoms with E-state index in [2.05, 4.69) is 15.3 Å². The normalized spacial score (nSPS) is 10.3. The number of aromatic nitrogens is 2. The van der Waals surface area contributed by atoms with Crippen molar-refractivity contribution in [2.24, 2.45) is 0 Å². The second-order valence-corrected chi connectivity index (χ2v) is 6.35. The number of anilines is 3. The Kier molecular flexibility index (Phi) is 6.19. The maximum Gasteiger partial charge on any atom is 0.339 e. The molecule has 29 heavy (non-hydrogen) atoms. The Morgan fingerprint density at radius 2 is 1.79 bits per heavy atom. The van der Waals surface area contributed by atoms with Gasteiger partial charge >= 0.3 is 5.97 Å². The Hall–Kier alpha value is -3.74. The van der Waals surface area contributed by atoms with Crippen LogP contribution in [0.3, 0.4) is 0 Å². The molecule has 0 bridgehead atoms. The molecule has 0 atom stereocenters. The minimum absolute atomic E-state index is 0.181. The molecule has 2 aromatic carbocycles. The summed E-state index contributed by atoms with van der Waals surface area (Å²) >= 11 is 0. The van der Waals surface area contributed by atoms with E-state index >= 15 is 0 Å². The lowest BCUT2D eigenvalue weighted by Crippen LogP contribution is -2.30. The van der Waals surface area contributed by atoms with Gasteiger partial charge in [0.05, 0.1) is 23.9 Å². The third kappa shape index (κ3) is 4.57. The molecule has 3 rings (SSSR count). The molecule has 0 saturated carbocycles. The standard InChI is InChI=1S/C22H22N4O3/c1-4-26(17-9-7-8-15(2)12-17)20(27)16-13-23-22(24-14-16)25-19-11-6-5-10-18(19)21(28)29-3/h5-14H,4H2,1-3H3,(H,23,24,25). The largest absolute Gasteiger partial charge is 0.465 e. The first-order chi connectivity index (χ1) is 14.0. The van der Waals surface area contributed by atoms with Crippen molar-refractivity contribution >= 4 is 29.2 Å². The fraction of sp³-hybridized carbons (Fsp3) is 0.182. The van der Waals surface area contributed by atoms with Gasteiger partial charge in [0.1, 0.15) is 0 Å². The SMILES string of the molecule is CCN(C(=O)c1cnc(Nc2ccccc2C(=O)OC)nc1)c1cccc(C)c1. The zero-order chi connectivity index (χ0) is 20.8. The van der Waals surface area contributed by atoms with Gasteiger partial charge in [0.25, 0.3) is 5.91 Å². The van der Waals surface area contributed by atoms with Crippen LogP contribution in [0.5, 0.6) is 0 Å². The number of amides is 1. The molecule has 1 N–H and O–H groups in total. The van der Waals surface area contributed by atoms with E-state index < -0.39 is 5.97 Å². The maximum absolute atomic E-state index is 12.9. The average Bonchev–Trinajstić information content (AvgIpc) is 2.74. The van der Waals surface area contributed by atoms with Gasteiger partial charge in [0, 0.05) is 24.6 Å². The number of hydrogen-bond donors (Lipinski definition) is 1. The summed E-state index contributed by atoms with van der Waals surface area (Å²) in [6, 6.07) is 14.7. The summed E-state index contributed by atoms with van der Waals surface area (Å²) in [6.07, 6.45) is 2.94. The van der Waals surface area contributed by atoms with E-state index in [1.54, 1.807) is 29.2 Å². The molecule has 0 fully saturated rings. The summed E-state index contributed by atoms with van der Waals surface area (Å²) < 4.78 is 4.78. The molecule has 7 heteroatoms. The van der Waals surface area contributed by atoms with Crippen LogP contribution < -0.4 is 10.2 Å². The number of nitrogens with zero attached hydrogens (tertiary/aromatic N) is 3. The minimum Gasteiger partial charge on any atom is -0.465 e. The summed E-state index contributed by atoms with van der Waals surface area (Å²) in [5, 5.41) is 2.99. The first-order valence-corrected chi connectivity index (χ1v) is 9.18. The lowest BCUT2D eigenvalue weighted by molar-refractivity contribution is 0.0601. The highest BCUT2D eigenvalue weighted by Crippen LogP contribution is 2.21. The van der Waals surface area contributed by atoms with Gasteiger partial charge < -0.3 is 15.0 Å². The van der Waals surface area contributed by atoms with E-state index in [0.29, 0.717) is 23.4 Å². The second kappa shape index (κ2) is 8.97. The molecule has 0 unspecified atom stereocenters. The zero-order valence-corrected chi connectivity index (χ0v) is 16.5. The molecule has 0 radical (unpaired) electrons. The number of carbonyl (C=O) groups excluding carboxylic acids is 2. The summed E-state index contributed by atoms with van der Waals surface area (Å²) in [6.45, 7) is 4.42. The molecule has 0 spiro atoms. The molecular weight excluding hydrogens is 368 g/mol. The monoisotopic (exact) mass is 390 g/mol.